The fourth-order valence-electron chi connectivity index (χ4n) is 1.52. The maximum atomic E-state index is 10.9. The number of nitrogens with one attached hydrogen (secondary N) is 1. The van der Waals surface area contributed by atoms with Gasteiger partial charge in [0, 0.05) is 41.6 Å². The number of rotatable bonds is 6. The number of aromatic nitrogens is 2. The summed E-state index contributed by atoms with van der Waals surface area (Å²) in [6.45, 7) is 7.08. The van der Waals surface area contributed by atoms with Crippen LogP contribution in [0.3, 0.4) is 0 Å². The maximum Gasteiger partial charge on any atom is 0.203 e. The van der Waals surface area contributed by atoms with Crippen LogP contribution in [0.1, 0.15) is 32.0 Å². The fraction of sp³-hybridized carbons (Fsp3) is 0.727. The van der Waals surface area contributed by atoms with Crippen LogP contribution in [0.5, 0.6) is 0 Å². The standard InChI is InChI=1S/C11H21N3OS/c1-9(2)14-8-10(3)13-11(14)12-6-5-7-16(4)15/h8-9H,5-7H2,1-4H3,(H,12,13). The average Bonchev–Trinajstić information content (AvgIpc) is 2.54. The maximum absolute atomic E-state index is 10.9. The molecule has 92 valence electrons. The van der Waals surface area contributed by atoms with Gasteiger partial charge in [-0.25, -0.2) is 4.98 Å². The highest BCUT2D eigenvalue weighted by Gasteiger charge is 2.07. The summed E-state index contributed by atoms with van der Waals surface area (Å²) in [6, 6.07) is 0.406. The van der Waals surface area contributed by atoms with Crippen LogP contribution in [-0.2, 0) is 10.8 Å². The van der Waals surface area contributed by atoms with Gasteiger partial charge < -0.3 is 9.88 Å². The largest absolute Gasteiger partial charge is 0.356 e. The monoisotopic (exact) mass is 243 g/mol. The molecular formula is C11H21N3OS. The predicted molar refractivity (Wildman–Crippen MR) is 69.4 cm³/mol. The molecule has 0 saturated carbocycles. The zero-order chi connectivity index (χ0) is 12.1. The zero-order valence-corrected chi connectivity index (χ0v) is 11.3. The summed E-state index contributed by atoms with van der Waals surface area (Å²) in [5, 5.41) is 3.29. The Kier molecular flexibility index (Phi) is 4.99. The second-order valence-electron chi connectivity index (χ2n) is 4.26. The summed E-state index contributed by atoms with van der Waals surface area (Å²) in [5.74, 6) is 1.66. The van der Waals surface area contributed by atoms with Gasteiger partial charge in [-0.15, -0.1) is 0 Å². The van der Waals surface area contributed by atoms with Gasteiger partial charge in [-0.1, -0.05) is 0 Å². The number of hydrogen-bond acceptors (Lipinski definition) is 3. The Bertz CT molecular complexity index is 360. The lowest BCUT2D eigenvalue weighted by Crippen LogP contribution is -2.11. The molecule has 4 nitrogen and oxygen atoms in total. The first-order valence-electron chi connectivity index (χ1n) is 5.60. The molecule has 0 aliphatic carbocycles. The van der Waals surface area contributed by atoms with Crippen molar-refractivity contribution >= 4 is 16.7 Å². The Hall–Kier alpha value is -0.840. The molecule has 0 bridgehead atoms. The molecule has 1 atom stereocenters. The van der Waals surface area contributed by atoms with Crippen molar-refractivity contribution < 1.29 is 4.21 Å². The predicted octanol–water partition coefficient (Wildman–Crippen LogP) is 1.95. The van der Waals surface area contributed by atoms with Crippen LogP contribution in [0.2, 0.25) is 0 Å². The third-order valence-corrected chi connectivity index (χ3v) is 3.16. The number of anilines is 1. The molecule has 5 heteroatoms. The minimum absolute atomic E-state index is 0.406. The summed E-state index contributed by atoms with van der Waals surface area (Å²) in [4.78, 5) is 4.42. The first kappa shape index (κ1) is 13.2. The molecule has 0 spiro atoms. The molecule has 0 aromatic carbocycles. The Morgan fingerprint density at radius 2 is 2.25 bits per heavy atom. The third-order valence-electron chi connectivity index (χ3n) is 2.30. The van der Waals surface area contributed by atoms with Gasteiger partial charge in [-0.05, 0) is 27.2 Å². The van der Waals surface area contributed by atoms with E-state index in [9.17, 15) is 4.21 Å². The topological polar surface area (TPSA) is 46.9 Å². The first-order chi connectivity index (χ1) is 7.50. The number of nitrogens with zero attached hydrogens (tertiary/aromatic N) is 2. The van der Waals surface area contributed by atoms with E-state index in [0.29, 0.717) is 6.04 Å². The molecule has 1 aromatic heterocycles. The van der Waals surface area contributed by atoms with Gasteiger partial charge in [0.05, 0.1) is 5.69 Å². The van der Waals surface area contributed by atoms with Crippen molar-refractivity contribution in [1.29, 1.82) is 0 Å². The Morgan fingerprint density at radius 3 is 2.81 bits per heavy atom. The van der Waals surface area contributed by atoms with Crippen LogP contribution >= 0.6 is 0 Å². The van der Waals surface area contributed by atoms with Crippen LogP contribution in [-0.4, -0.2) is 32.3 Å². The van der Waals surface area contributed by atoms with Crippen LogP contribution in [0.25, 0.3) is 0 Å². The van der Waals surface area contributed by atoms with E-state index >= 15 is 0 Å². The summed E-state index contributed by atoms with van der Waals surface area (Å²) >= 11 is 0. The summed E-state index contributed by atoms with van der Waals surface area (Å²) < 4.78 is 13.0. The summed E-state index contributed by atoms with van der Waals surface area (Å²) in [7, 11) is -0.700. The number of hydrogen-bond donors (Lipinski definition) is 1. The molecule has 1 N–H and O–H groups in total. The van der Waals surface area contributed by atoms with Crippen LogP contribution in [0.4, 0.5) is 5.95 Å². The number of imidazole rings is 1. The van der Waals surface area contributed by atoms with Crippen molar-refractivity contribution in [2.75, 3.05) is 23.9 Å². The second kappa shape index (κ2) is 6.03. The lowest BCUT2D eigenvalue weighted by Gasteiger charge is -2.12. The Balaban J connectivity index is 2.49. The van der Waals surface area contributed by atoms with Crippen LogP contribution in [0, 0.1) is 6.92 Å². The molecule has 0 amide bonds. The van der Waals surface area contributed by atoms with Crippen molar-refractivity contribution in [2.24, 2.45) is 0 Å². The molecule has 0 aliphatic heterocycles. The quantitative estimate of drug-likeness (QED) is 0.777. The highest BCUT2D eigenvalue weighted by atomic mass is 32.2. The van der Waals surface area contributed by atoms with Crippen LogP contribution < -0.4 is 5.32 Å². The van der Waals surface area contributed by atoms with Gasteiger partial charge in [-0.3, -0.25) is 4.21 Å². The molecule has 0 saturated heterocycles. The summed E-state index contributed by atoms with van der Waals surface area (Å²) in [6.07, 6.45) is 4.69. The Morgan fingerprint density at radius 1 is 1.56 bits per heavy atom. The van der Waals surface area contributed by atoms with Crippen molar-refractivity contribution in [2.45, 2.75) is 33.2 Å². The molecule has 16 heavy (non-hydrogen) atoms. The van der Waals surface area contributed by atoms with Gasteiger partial charge in [0.25, 0.3) is 0 Å². The van der Waals surface area contributed by atoms with Crippen molar-refractivity contribution in [1.82, 2.24) is 9.55 Å². The third kappa shape index (κ3) is 3.96. The van der Waals surface area contributed by atoms with Gasteiger partial charge in [0.1, 0.15) is 0 Å². The van der Waals surface area contributed by atoms with E-state index in [2.05, 4.69) is 28.7 Å². The minimum Gasteiger partial charge on any atom is -0.356 e. The minimum atomic E-state index is -0.700. The smallest absolute Gasteiger partial charge is 0.203 e. The van der Waals surface area contributed by atoms with E-state index in [1.807, 2.05) is 13.1 Å². The van der Waals surface area contributed by atoms with E-state index in [1.54, 1.807) is 6.26 Å². The zero-order valence-electron chi connectivity index (χ0n) is 10.5. The first-order valence-corrected chi connectivity index (χ1v) is 7.32. The second-order valence-corrected chi connectivity index (χ2v) is 5.82. The van der Waals surface area contributed by atoms with E-state index in [1.165, 1.54) is 0 Å². The van der Waals surface area contributed by atoms with Crippen molar-refractivity contribution in [3.8, 4) is 0 Å². The van der Waals surface area contributed by atoms with E-state index in [4.69, 9.17) is 0 Å². The van der Waals surface area contributed by atoms with E-state index in [-0.39, 0.29) is 0 Å². The lowest BCUT2D eigenvalue weighted by atomic mass is 10.4. The van der Waals surface area contributed by atoms with Gasteiger partial charge in [-0.2, -0.15) is 0 Å². The van der Waals surface area contributed by atoms with Gasteiger partial charge in [0.15, 0.2) is 0 Å². The lowest BCUT2D eigenvalue weighted by molar-refractivity contribution is 0.604. The molecule has 1 rings (SSSR count). The van der Waals surface area contributed by atoms with E-state index in [0.717, 1.165) is 30.4 Å². The molecular weight excluding hydrogens is 222 g/mol. The van der Waals surface area contributed by atoms with Crippen molar-refractivity contribution in [3.05, 3.63) is 11.9 Å². The molecule has 0 radical (unpaired) electrons. The molecule has 0 fully saturated rings. The summed E-state index contributed by atoms with van der Waals surface area (Å²) in [5.41, 5.74) is 1.02. The highest BCUT2D eigenvalue weighted by Crippen LogP contribution is 2.14. The van der Waals surface area contributed by atoms with Crippen LogP contribution in [0.15, 0.2) is 6.20 Å². The number of aryl methyl sites for hydroxylation is 1. The molecule has 1 heterocycles. The normalized spacial score (nSPS) is 13.1. The van der Waals surface area contributed by atoms with Gasteiger partial charge >= 0.3 is 0 Å². The molecule has 1 unspecified atom stereocenters. The SMILES string of the molecule is Cc1cn(C(C)C)c(NCCCS(C)=O)n1. The highest BCUT2D eigenvalue weighted by molar-refractivity contribution is 7.84. The van der Waals surface area contributed by atoms with E-state index < -0.39 is 10.8 Å². The molecule has 1 aromatic rings. The Labute approximate surface area is 99.9 Å². The fourth-order valence-corrected chi connectivity index (χ4v) is 2.07. The average molecular weight is 243 g/mol. The van der Waals surface area contributed by atoms with Crippen molar-refractivity contribution in [3.63, 3.8) is 0 Å². The van der Waals surface area contributed by atoms with Gasteiger partial charge in [0.2, 0.25) is 5.95 Å². The molecule has 0 aliphatic rings.